The number of H-pyrrole nitrogens is 1. The third kappa shape index (κ3) is 4.41. The molecule has 2 aliphatic heterocycles. The van der Waals surface area contributed by atoms with Crippen molar-refractivity contribution >= 4 is 40.0 Å². The van der Waals surface area contributed by atoms with Crippen molar-refractivity contribution in [1.82, 2.24) is 14.9 Å². The van der Waals surface area contributed by atoms with E-state index in [4.69, 9.17) is 11.6 Å². The van der Waals surface area contributed by atoms with E-state index in [0.717, 1.165) is 66.2 Å². The van der Waals surface area contributed by atoms with E-state index in [0.29, 0.717) is 22.5 Å². The van der Waals surface area contributed by atoms with Crippen LogP contribution in [0.15, 0.2) is 48.7 Å². The van der Waals surface area contributed by atoms with E-state index in [1.807, 2.05) is 49.5 Å². The highest BCUT2D eigenvalue weighted by atomic mass is 35.5. The number of carbonyl (C=O) groups is 1. The fourth-order valence-corrected chi connectivity index (χ4v) is 4.82. The Kier molecular flexibility index (Phi) is 5.96. The first kappa shape index (κ1) is 21.7. The second-order valence-corrected chi connectivity index (χ2v) is 9.15. The number of aromatic nitrogens is 2. The summed E-state index contributed by atoms with van der Waals surface area (Å²) in [6.07, 6.45) is 4.08. The molecule has 0 aliphatic carbocycles. The largest absolute Gasteiger partial charge is 0.382 e. The Morgan fingerprint density at radius 3 is 2.61 bits per heavy atom. The van der Waals surface area contributed by atoms with Crippen molar-refractivity contribution in [2.45, 2.75) is 32.7 Å². The third-order valence-electron chi connectivity index (χ3n) is 6.50. The molecule has 0 saturated carbocycles. The molecule has 0 bridgehead atoms. The van der Waals surface area contributed by atoms with Crippen LogP contribution in [0.4, 0.5) is 11.4 Å². The fraction of sp³-hybridized carbons (Fsp3) is 0.308. The summed E-state index contributed by atoms with van der Waals surface area (Å²) in [7, 11) is 0. The Bertz CT molecular complexity index is 1210. The molecule has 33 heavy (non-hydrogen) atoms. The summed E-state index contributed by atoms with van der Waals surface area (Å²) in [5, 5.41) is 7.37. The molecule has 3 heterocycles. The maximum atomic E-state index is 13.2. The Morgan fingerprint density at radius 2 is 1.94 bits per heavy atom. The molecule has 0 unspecified atom stereocenters. The first-order valence-electron chi connectivity index (χ1n) is 11.5. The van der Waals surface area contributed by atoms with E-state index in [9.17, 15) is 4.79 Å². The number of benzene rings is 2. The molecule has 0 radical (unpaired) electrons. The number of fused-ring (bicyclic) bond motifs is 1. The highest BCUT2D eigenvalue weighted by Gasteiger charge is 2.30. The first-order chi connectivity index (χ1) is 16.0. The fourth-order valence-electron chi connectivity index (χ4n) is 4.69. The molecule has 1 amide bonds. The monoisotopic (exact) mass is 461 g/mol. The number of anilines is 2. The SMILES string of the molecule is CCN1CCC(Nc2ccc3c(c2)C(=C(c2ccc(Cl)cc2)c2nc(C)c[nH]2)C(=O)N3)CC1. The van der Waals surface area contributed by atoms with Gasteiger partial charge in [0.25, 0.3) is 5.91 Å². The lowest BCUT2D eigenvalue weighted by Crippen LogP contribution is -2.38. The van der Waals surface area contributed by atoms with Crippen molar-refractivity contribution in [2.24, 2.45) is 0 Å². The number of amides is 1. The number of hydrogen-bond acceptors (Lipinski definition) is 4. The topological polar surface area (TPSA) is 73.0 Å². The summed E-state index contributed by atoms with van der Waals surface area (Å²) in [4.78, 5) is 23.6. The van der Waals surface area contributed by atoms with Crippen molar-refractivity contribution < 1.29 is 4.79 Å². The summed E-state index contributed by atoms with van der Waals surface area (Å²) >= 11 is 6.14. The van der Waals surface area contributed by atoms with Gasteiger partial charge in [0.15, 0.2) is 0 Å². The standard InChI is InChI=1S/C26H28ClN5O/c1-3-32-12-10-19(11-13-32)30-20-8-9-22-21(14-20)24(26(33)31-22)23(25-28-15-16(2)29-25)17-4-6-18(27)7-5-17/h4-9,14-15,19,30H,3,10-13H2,1-2H3,(H,28,29)(H,31,33). The van der Waals surface area contributed by atoms with Gasteiger partial charge in [0.2, 0.25) is 0 Å². The van der Waals surface area contributed by atoms with Crippen molar-refractivity contribution in [3.05, 3.63) is 76.3 Å². The Morgan fingerprint density at radius 1 is 1.18 bits per heavy atom. The van der Waals surface area contributed by atoms with Crippen LogP contribution in [0, 0.1) is 6.92 Å². The van der Waals surface area contributed by atoms with Crippen LogP contribution in [-0.4, -0.2) is 46.5 Å². The second-order valence-electron chi connectivity index (χ2n) is 8.71. The molecule has 5 rings (SSSR count). The lowest BCUT2D eigenvalue weighted by Gasteiger charge is -2.32. The Balaban J connectivity index is 1.55. The first-order valence-corrected chi connectivity index (χ1v) is 11.9. The summed E-state index contributed by atoms with van der Waals surface area (Å²) < 4.78 is 0. The number of nitrogens with one attached hydrogen (secondary N) is 3. The Hall–Kier alpha value is -3.09. The van der Waals surface area contributed by atoms with Gasteiger partial charge in [0.05, 0.1) is 11.3 Å². The third-order valence-corrected chi connectivity index (χ3v) is 6.75. The van der Waals surface area contributed by atoms with Gasteiger partial charge in [-0.05, 0) is 62.2 Å². The van der Waals surface area contributed by atoms with E-state index < -0.39 is 0 Å². The van der Waals surface area contributed by atoms with Crippen molar-refractivity contribution in [1.29, 1.82) is 0 Å². The van der Waals surface area contributed by atoms with Gasteiger partial charge in [-0.25, -0.2) is 4.98 Å². The van der Waals surface area contributed by atoms with Crippen molar-refractivity contribution in [3.8, 4) is 0 Å². The highest BCUT2D eigenvalue weighted by molar-refractivity contribution is 6.38. The van der Waals surface area contributed by atoms with Crippen LogP contribution in [-0.2, 0) is 4.79 Å². The van der Waals surface area contributed by atoms with Gasteiger partial charge in [-0.1, -0.05) is 30.7 Å². The molecule has 0 spiro atoms. The average molecular weight is 462 g/mol. The van der Waals surface area contributed by atoms with Gasteiger partial charge in [0, 0.05) is 52.9 Å². The zero-order valence-corrected chi connectivity index (χ0v) is 19.7. The number of likely N-dealkylation sites (tertiary alicyclic amines) is 1. The number of aryl methyl sites for hydroxylation is 1. The molecule has 170 valence electrons. The van der Waals surface area contributed by atoms with Gasteiger partial charge < -0.3 is 20.5 Å². The number of halogens is 1. The van der Waals surface area contributed by atoms with E-state index in [1.54, 1.807) is 0 Å². The van der Waals surface area contributed by atoms with Crippen LogP contribution in [0.1, 0.15) is 42.4 Å². The maximum absolute atomic E-state index is 13.2. The molecular weight excluding hydrogens is 434 g/mol. The molecular formula is C26H28ClN5O. The maximum Gasteiger partial charge on any atom is 0.257 e. The summed E-state index contributed by atoms with van der Waals surface area (Å²) in [6.45, 7) is 7.47. The summed E-state index contributed by atoms with van der Waals surface area (Å²) in [5.74, 6) is 0.538. The van der Waals surface area contributed by atoms with Gasteiger partial charge in [0.1, 0.15) is 5.82 Å². The molecule has 7 heteroatoms. The number of nitrogens with zero attached hydrogens (tertiary/aromatic N) is 2. The molecule has 1 saturated heterocycles. The van der Waals surface area contributed by atoms with Gasteiger partial charge in [-0.15, -0.1) is 0 Å². The number of hydrogen-bond donors (Lipinski definition) is 3. The number of piperidine rings is 1. The van der Waals surface area contributed by atoms with E-state index >= 15 is 0 Å². The average Bonchev–Trinajstić information content (AvgIpc) is 3.39. The number of aromatic amines is 1. The molecule has 1 aromatic heterocycles. The smallest absolute Gasteiger partial charge is 0.257 e. The highest BCUT2D eigenvalue weighted by Crippen LogP contribution is 2.40. The molecule has 6 nitrogen and oxygen atoms in total. The van der Waals surface area contributed by atoms with Crippen molar-refractivity contribution in [2.75, 3.05) is 30.3 Å². The predicted molar refractivity (Wildman–Crippen MR) is 135 cm³/mol. The zero-order valence-electron chi connectivity index (χ0n) is 18.9. The molecule has 3 aromatic rings. The van der Waals surface area contributed by atoms with Gasteiger partial charge >= 0.3 is 0 Å². The predicted octanol–water partition coefficient (Wildman–Crippen LogP) is 5.18. The lowest BCUT2D eigenvalue weighted by molar-refractivity contribution is -0.110. The van der Waals surface area contributed by atoms with Gasteiger partial charge in [-0.3, -0.25) is 4.79 Å². The molecule has 1 fully saturated rings. The summed E-state index contributed by atoms with van der Waals surface area (Å²) in [6, 6.07) is 14.1. The number of imidazole rings is 1. The van der Waals surface area contributed by atoms with Crippen LogP contribution in [0.2, 0.25) is 5.02 Å². The van der Waals surface area contributed by atoms with Crippen LogP contribution in [0.5, 0.6) is 0 Å². The molecule has 0 atom stereocenters. The lowest BCUT2D eigenvalue weighted by atomic mass is 9.94. The minimum absolute atomic E-state index is 0.127. The minimum atomic E-state index is -0.127. The molecule has 2 aromatic carbocycles. The number of rotatable bonds is 5. The summed E-state index contributed by atoms with van der Waals surface area (Å²) in [5.41, 5.74) is 5.87. The van der Waals surface area contributed by atoms with Crippen LogP contribution in [0.25, 0.3) is 11.1 Å². The van der Waals surface area contributed by atoms with E-state index in [1.165, 1.54) is 0 Å². The minimum Gasteiger partial charge on any atom is -0.382 e. The normalized spacial score (nSPS) is 18.2. The molecule has 2 aliphatic rings. The molecule has 3 N–H and O–H groups in total. The quantitative estimate of drug-likeness (QED) is 0.458. The van der Waals surface area contributed by atoms with Crippen molar-refractivity contribution in [3.63, 3.8) is 0 Å². The van der Waals surface area contributed by atoms with E-state index in [-0.39, 0.29) is 5.91 Å². The van der Waals surface area contributed by atoms with Crippen LogP contribution >= 0.6 is 11.6 Å². The zero-order chi connectivity index (χ0) is 22.9. The van der Waals surface area contributed by atoms with Crippen LogP contribution in [0.3, 0.4) is 0 Å². The Labute approximate surface area is 199 Å². The van der Waals surface area contributed by atoms with Gasteiger partial charge in [-0.2, -0.15) is 0 Å². The second kappa shape index (κ2) is 9.04. The van der Waals surface area contributed by atoms with Crippen LogP contribution < -0.4 is 10.6 Å². The number of carbonyl (C=O) groups excluding carboxylic acids is 1. The van der Waals surface area contributed by atoms with E-state index in [2.05, 4.69) is 38.5 Å².